The molecule has 0 aromatic rings. The molecular weight excluding hydrogens is 413 g/mol. The number of morpholine rings is 1. The van der Waals surface area contributed by atoms with Crippen molar-refractivity contribution in [3.8, 4) is 0 Å². The molecule has 1 amide bonds. The largest absolute Gasteiger partial charge is 0.748 e. The van der Waals surface area contributed by atoms with E-state index in [4.69, 9.17) is 4.74 Å². The quantitative estimate of drug-likeness (QED) is 0.360. The monoisotopic (exact) mass is 428 g/mol. The minimum atomic E-state index is -4.24. The molecule has 0 aliphatic carbocycles. The average molecular weight is 428 g/mol. The number of hydrogen-bond donors (Lipinski definition) is 0. The zero-order valence-corrected chi connectivity index (χ0v) is 14.1. The van der Waals surface area contributed by atoms with Crippen LogP contribution in [0.2, 0.25) is 0 Å². The normalized spacial score (nSPS) is 19.8. The second-order valence-electron chi connectivity index (χ2n) is 4.36. The van der Waals surface area contributed by atoms with Gasteiger partial charge in [0.25, 0.3) is 5.91 Å². The molecule has 1 fully saturated rings. The molecule has 0 atom stereocenters. The van der Waals surface area contributed by atoms with E-state index in [1.807, 2.05) is 0 Å². The summed E-state index contributed by atoms with van der Waals surface area (Å²) in [5.41, 5.74) is 0.462. The summed E-state index contributed by atoms with van der Waals surface area (Å²) in [6, 6.07) is 0. The van der Waals surface area contributed by atoms with Gasteiger partial charge in [-0.1, -0.05) is 0 Å². The molecule has 1 saturated heterocycles. The third-order valence-electron chi connectivity index (χ3n) is 2.84. The molecule has 0 saturated carbocycles. The number of halogens is 1. The van der Waals surface area contributed by atoms with Gasteiger partial charge in [0, 0.05) is 32.0 Å². The maximum absolute atomic E-state index is 12.3. The Morgan fingerprint density at radius 2 is 2.14 bits per heavy atom. The van der Waals surface area contributed by atoms with E-state index in [1.54, 1.807) is 20.3 Å². The van der Waals surface area contributed by atoms with Gasteiger partial charge in [-0.2, -0.15) is 0 Å². The van der Waals surface area contributed by atoms with Gasteiger partial charge in [0.1, 0.15) is 21.3 Å². The number of nitrogens with zero attached hydrogens (tertiary/aromatic N) is 3. The van der Waals surface area contributed by atoms with Crippen LogP contribution in [0.4, 0.5) is 0 Å². The van der Waals surface area contributed by atoms with E-state index in [9.17, 15) is 17.8 Å². The molecule has 0 spiro atoms. The van der Waals surface area contributed by atoms with E-state index in [0.717, 1.165) is 0 Å². The third kappa shape index (κ3) is 5.45. The fraction of sp³-hybridized carbons (Fsp3) is 0.545. The van der Waals surface area contributed by atoms with Gasteiger partial charge in [0.05, 0.1) is 34.7 Å². The highest BCUT2D eigenvalue weighted by molar-refractivity contribution is 14.1. The summed E-state index contributed by atoms with van der Waals surface area (Å²) < 4.78 is 43.0. The second-order valence-corrected chi connectivity index (χ2v) is 8.11. The van der Waals surface area contributed by atoms with Gasteiger partial charge in [0.15, 0.2) is 0 Å². The summed E-state index contributed by atoms with van der Waals surface area (Å²) in [6.45, 7) is 2.26. The number of amides is 1. The fourth-order valence-corrected chi connectivity index (χ4v) is 4.00. The lowest BCUT2D eigenvalue weighted by Crippen LogP contribution is -2.41. The van der Waals surface area contributed by atoms with Crippen LogP contribution in [-0.2, 0) is 19.6 Å². The van der Waals surface area contributed by atoms with Crippen molar-refractivity contribution in [3.05, 3.63) is 24.0 Å². The Balaban J connectivity index is 1.96. The molecule has 2 aliphatic heterocycles. The lowest BCUT2D eigenvalue weighted by molar-refractivity contribution is -0.130. The number of ether oxygens (including phenoxy) is 1. The number of carbonyl (C=O) groups excluding carboxylic acids is 1. The molecule has 2 heterocycles. The average Bonchev–Trinajstić information content (AvgIpc) is 2.70. The van der Waals surface area contributed by atoms with Crippen LogP contribution < -0.4 is 0 Å². The first kappa shape index (κ1) is 16.5. The van der Waals surface area contributed by atoms with E-state index in [-0.39, 0.29) is 12.5 Å². The van der Waals surface area contributed by atoms with E-state index in [2.05, 4.69) is 3.15 Å². The van der Waals surface area contributed by atoms with Crippen LogP contribution in [0.1, 0.15) is 0 Å². The van der Waals surface area contributed by atoms with Gasteiger partial charge >= 0.3 is 0 Å². The van der Waals surface area contributed by atoms with Crippen molar-refractivity contribution >= 4 is 37.3 Å². The lowest BCUT2D eigenvalue weighted by atomic mass is 10.2. The maximum Gasteiger partial charge on any atom is 0.255 e. The third-order valence-corrected chi connectivity index (χ3v) is 5.41. The van der Waals surface area contributed by atoms with Crippen molar-refractivity contribution in [1.82, 2.24) is 8.01 Å². The Bertz CT molecular complexity index is 581. The SMILES string of the molecule is O=C(C1=CN=IN(CCS(=O)(=O)[O-])C=C1)N1CCOCC1. The molecule has 8 nitrogen and oxygen atoms in total. The van der Waals surface area contributed by atoms with Gasteiger partial charge < -0.3 is 17.3 Å². The minimum Gasteiger partial charge on any atom is -0.748 e. The molecule has 0 radical (unpaired) electrons. The maximum atomic E-state index is 12.3. The van der Waals surface area contributed by atoms with Crippen LogP contribution in [0.5, 0.6) is 0 Å². The molecule has 2 aliphatic rings. The van der Waals surface area contributed by atoms with Crippen molar-refractivity contribution in [1.29, 1.82) is 0 Å². The molecule has 21 heavy (non-hydrogen) atoms. The summed E-state index contributed by atoms with van der Waals surface area (Å²) in [5, 5.41) is 0. The predicted molar refractivity (Wildman–Crippen MR) is 82.3 cm³/mol. The summed E-state index contributed by atoms with van der Waals surface area (Å²) >= 11 is -0.808. The molecule has 0 aromatic carbocycles. The topological polar surface area (TPSA) is 102 Å². The molecular formula is C11H15IN3O5S-. The Morgan fingerprint density at radius 1 is 1.43 bits per heavy atom. The first-order valence-corrected chi connectivity index (χ1v) is 9.76. The molecule has 0 aromatic heterocycles. The standard InChI is InChI=1S/C11H16IN3O5S/c16-11(14-3-6-20-7-4-14)10-1-2-15(12-13-9-10)5-8-21(17,18)19/h1-2,9H,3-8H2,(H,17,18,19)/p-1. The van der Waals surface area contributed by atoms with E-state index in [1.165, 1.54) is 6.20 Å². The lowest BCUT2D eigenvalue weighted by Gasteiger charge is -2.26. The smallest absolute Gasteiger partial charge is 0.255 e. The highest BCUT2D eigenvalue weighted by Gasteiger charge is 2.19. The van der Waals surface area contributed by atoms with E-state index in [0.29, 0.717) is 31.9 Å². The zero-order chi connectivity index (χ0) is 15.3. The highest BCUT2D eigenvalue weighted by Crippen LogP contribution is 2.19. The Morgan fingerprint density at radius 3 is 2.81 bits per heavy atom. The van der Waals surface area contributed by atoms with Crippen LogP contribution in [0.25, 0.3) is 0 Å². The molecule has 2 rings (SSSR count). The summed E-state index contributed by atoms with van der Waals surface area (Å²) in [4.78, 5) is 14.0. The van der Waals surface area contributed by atoms with Gasteiger partial charge in [-0.15, -0.1) is 0 Å². The van der Waals surface area contributed by atoms with Crippen molar-refractivity contribution in [2.75, 3.05) is 38.6 Å². The van der Waals surface area contributed by atoms with Gasteiger partial charge in [-0.25, -0.2) is 11.6 Å². The highest BCUT2D eigenvalue weighted by atomic mass is 127. The number of hydrogen-bond acceptors (Lipinski definition) is 7. The minimum absolute atomic E-state index is 0.103. The fourth-order valence-electron chi connectivity index (χ4n) is 1.75. The van der Waals surface area contributed by atoms with Crippen molar-refractivity contribution in [2.45, 2.75) is 0 Å². The number of rotatable bonds is 4. The zero-order valence-electron chi connectivity index (χ0n) is 11.1. The van der Waals surface area contributed by atoms with Gasteiger partial charge in [-0.3, -0.25) is 4.79 Å². The van der Waals surface area contributed by atoms with Crippen LogP contribution in [0.15, 0.2) is 27.2 Å². The molecule has 0 N–H and O–H groups in total. The Kier molecular flexibility index (Phi) is 5.84. The van der Waals surface area contributed by atoms with E-state index >= 15 is 0 Å². The van der Waals surface area contributed by atoms with Crippen molar-refractivity contribution in [2.24, 2.45) is 3.15 Å². The van der Waals surface area contributed by atoms with Crippen LogP contribution in [0, 0.1) is 0 Å². The first-order chi connectivity index (χ1) is 9.96. The van der Waals surface area contributed by atoms with Crippen LogP contribution in [0.3, 0.4) is 0 Å². The second kappa shape index (κ2) is 7.42. The van der Waals surface area contributed by atoms with Crippen molar-refractivity contribution in [3.63, 3.8) is 0 Å². The predicted octanol–water partition coefficient (Wildman–Crippen LogP) is 0.173. The van der Waals surface area contributed by atoms with Crippen LogP contribution in [-0.4, -0.2) is 65.5 Å². The molecule has 0 bridgehead atoms. The van der Waals surface area contributed by atoms with Crippen LogP contribution >= 0.6 is 21.3 Å². The molecule has 10 heteroatoms. The summed E-state index contributed by atoms with van der Waals surface area (Å²) in [7, 11) is -4.24. The van der Waals surface area contributed by atoms with E-state index < -0.39 is 37.2 Å². The number of carbonyl (C=O) groups is 1. The molecule has 0 unspecified atom stereocenters. The van der Waals surface area contributed by atoms with Gasteiger partial charge in [-0.05, 0) is 6.08 Å². The molecule has 118 valence electrons. The Hall–Kier alpha value is -0.850. The van der Waals surface area contributed by atoms with Gasteiger partial charge in [0.2, 0.25) is 0 Å². The van der Waals surface area contributed by atoms with Crippen molar-refractivity contribution < 1.29 is 22.5 Å². The summed E-state index contributed by atoms with van der Waals surface area (Å²) in [5.74, 6) is -0.570. The summed E-state index contributed by atoms with van der Waals surface area (Å²) in [6.07, 6.45) is 4.78. The first-order valence-electron chi connectivity index (χ1n) is 6.26. The Labute approximate surface area is 133 Å².